The minimum absolute atomic E-state index is 0.560. The second-order valence-corrected chi connectivity index (χ2v) is 4.75. The number of para-hydroxylation sites is 1. The maximum atomic E-state index is 5.99. The van der Waals surface area contributed by atoms with Gasteiger partial charge in [-0.05, 0) is 18.6 Å². The van der Waals surface area contributed by atoms with Gasteiger partial charge in [-0.25, -0.2) is 9.97 Å². The lowest BCUT2D eigenvalue weighted by atomic mass is 10.0. The van der Waals surface area contributed by atoms with Crippen molar-refractivity contribution < 1.29 is 0 Å². The zero-order valence-corrected chi connectivity index (χ0v) is 11.4. The standard InChI is InChI=1S/C16H16N4/c1-2-5-13-15(19-10-20-16(13)17)12-8-11-6-3-4-7-14(11)18-9-12/h3-4,6-10H,2,5H2,1H3,(H2,17,19,20). The Morgan fingerprint density at radius 1 is 1.10 bits per heavy atom. The van der Waals surface area contributed by atoms with E-state index < -0.39 is 0 Å². The predicted octanol–water partition coefficient (Wildman–Crippen LogP) is 3.23. The van der Waals surface area contributed by atoms with Gasteiger partial charge in [0.15, 0.2) is 0 Å². The SMILES string of the molecule is CCCc1c(N)ncnc1-c1cnc2ccccc2c1. The molecule has 100 valence electrons. The Kier molecular flexibility index (Phi) is 3.29. The van der Waals surface area contributed by atoms with Crippen LogP contribution in [0.2, 0.25) is 0 Å². The van der Waals surface area contributed by atoms with Crippen LogP contribution in [0, 0.1) is 0 Å². The molecule has 0 spiro atoms. The van der Waals surface area contributed by atoms with Crippen molar-refractivity contribution >= 4 is 16.7 Å². The van der Waals surface area contributed by atoms with Crippen LogP contribution in [-0.2, 0) is 6.42 Å². The van der Waals surface area contributed by atoms with E-state index in [0.717, 1.165) is 40.6 Å². The highest BCUT2D eigenvalue weighted by atomic mass is 14.9. The Morgan fingerprint density at radius 3 is 2.80 bits per heavy atom. The van der Waals surface area contributed by atoms with Crippen LogP contribution in [0.4, 0.5) is 5.82 Å². The van der Waals surface area contributed by atoms with Crippen LogP contribution < -0.4 is 5.73 Å². The van der Waals surface area contributed by atoms with Crippen LogP contribution in [0.1, 0.15) is 18.9 Å². The van der Waals surface area contributed by atoms with Crippen molar-refractivity contribution in [2.75, 3.05) is 5.73 Å². The summed E-state index contributed by atoms with van der Waals surface area (Å²) in [6, 6.07) is 10.1. The summed E-state index contributed by atoms with van der Waals surface area (Å²) in [7, 11) is 0. The van der Waals surface area contributed by atoms with Gasteiger partial charge < -0.3 is 5.73 Å². The molecule has 0 aliphatic carbocycles. The highest BCUT2D eigenvalue weighted by molar-refractivity contribution is 5.83. The summed E-state index contributed by atoms with van der Waals surface area (Å²) in [5.74, 6) is 0.560. The van der Waals surface area contributed by atoms with Crippen LogP contribution in [0.3, 0.4) is 0 Å². The molecule has 2 N–H and O–H groups in total. The van der Waals surface area contributed by atoms with Crippen molar-refractivity contribution in [1.29, 1.82) is 0 Å². The molecule has 0 atom stereocenters. The fourth-order valence-corrected chi connectivity index (χ4v) is 2.37. The summed E-state index contributed by atoms with van der Waals surface area (Å²) < 4.78 is 0. The number of hydrogen-bond acceptors (Lipinski definition) is 4. The summed E-state index contributed by atoms with van der Waals surface area (Å²) in [6.45, 7) is 2.12. The summed E-state index contributed by atoms with van der Waals surface area (Å²) in [4.78, 5) is 13.0. The molecule has 3 aromatic rings. The minimum Gasteiger partial charge on any atom is -0.383 e. The molecule has 1 aromatic carbocycles. The van der Waals surface area contributed by atoms with E-state index in [0.29, 0.717) is 5.82 Å². The second kappa shape index (κ2) is 5.25. The number of rotatable bonds is 3. The van der Waals surface area contributed by atoms with Gasteiger partial charge in [-0.3, -0.25) is 4.98 Å². The van der Waals surface area contributed by atoms with Gasteiger partial charge in [-0.2, -0.15) is 0 Å². The summed E-state index contributed by atoms with van der Waals surface area (Å²) in [5, 5.41) is 1.10. The highest BCUT2D eigenvalue weighted by Gasteiger charge is 2.11. The summed E-state index contributed by atoms with van der Waals surface area (Å²) >= 11 is 0. The number of aromatic nitrogens is 3. The topological polar surface area (TPSA) is 64.7 Å². The molecular formula is C16H16N4. The molecule has 0 fully saturated rings. The van der Waals surface area contributed by atoms with Crippen molar-refractivity contribution in [3.8, 4) is 11.3 Å². The van der Waals surface area contributed by atoms with Gasteiger partial charge >= 0.3 is 0 Å². The second-order valence-electron chi connectivity index (χ2n) is 4.75. The molecule has 0 amide bonds. The minimum atomic E-state index is 0.560. The molecule has 20 heavy (non-hydrogen) atoms. The lowest BCUT2D eigenvalue weighted by molar-refractivity contribution is 0.908. The molecule has 0 aliphatic heterocycles. The van der Waals surface area contributed by atoms with E-state index in [4.69, 9.17) is 5.73 Å². The van der Waals surface area contributed by atoms with Gasteiger partial charge in [0, 0.05) is 22.7 Å². The lowest BCUT2D eigenvalue weighted by Gasteiger charge is -2.10. The third-order valence-electron chi connectivity index (χ3n) is 3.34. The maximum absolute atomic E-state index is 5.99. The normalized spacial score (nSPS) is 10.8. The Balaban J connectivity index is 2.17. The van der Waals surface area contributed by atoms with E-state index in [-0.39, 0.29) is 0 Å². The Morgan fingerprint density at radius 2 is 1.95 bits per heavy atom. The van der Waals surface area contributed by atoms with E-state index in [2.05, 4.69) is 34.0 Å². The summed E-state index contributed by atoms with van der Waals surface area (Å²) in [5.41, 5.74) is 9.85. The molecular weight excluding hydrogens is 248 g/mol. The van der Waals surface area contributed by atoms with Crippen molar-refractivity contribution in [2.45, 2.75) is 19.8 Å². The first kappa shape index (κ1) is 12.5. The van der Waals surface area contributed by atoms with Crippen LogP contribution >= 0.6 is 0 Å². The third-order valence-corrected chi connectivity index (χ3v) is 3.34. The van der Waals surface area contributed by atoms with Crippen molar-refractivity contribution in [3.05, 3.63) is 48.4 Å². The monoisotopic (exact) mass is 264 g/mol. The zero-order valence-electron chi connectivity index (χ0n) is 11.4. The molecule has 4 heteroatoms. The third kappa shape index (κ3) is 2.20. The summed E-state index contributed by atoms with van der Waals surface area (Å²) in [6.07, 6.45) is 5.24. The smallest absolute Gasteiger partial charge is 0.130 e. The molecule has 0 radical (unpaired) electrons. The van der Waals surface area contributed by atoms with E-state index in [9.17, 15) is 0 Å². The average molecular weight is 264 g/mol. The largest absolute Gasteiger partial charge is 0.383 e. The van der Waals surface area contributed by atoms with Gasteiger partial charge in [0.05, 0.1) is 11.2 Å². The van der Waals surface area contributed by atoms with Crippen LogP contribution in [0.25, 0.3) is 22.2 Å². The number of fused-ring (bicyclic) bond motifs is 1. The Labute approximate surface area is 117 Å². The van der Waals surface area contributed by atoms with Crippen LogP contribution in [0.5, 0.6) is 0 Å². The lowest BCUT2D eigenvalue weighted by Crippen LogP contribution is -2.02. The molecule has 0 saturated heterocycles. The number of pyridine rings is 1. The van der Waals surface area contributed by atoms with Crippen molar-refractivity contribution in [1.82, 2.24) is 15.0 Å². The van der Waals surface area contributed by atoms with Gasteiger partial charge in [-0.15, -0.1) is 0 Å². The Bertz CT molecular complexity index is 752. The van der Waals surface area contributed by atoms with Gasteiger partial charge in [0.25, 0.3) is 0 Å². The van der Waals surface area contributed by atoms with E-state index in [1.54, 1.807) is 0 Å². The number of nitrogens with two attached hydrogens (primary N) is 1. The molecule has 2 heterocycles. The fraction of sp³-hybridized carbons (Fsp3) is 0.188. The van der Waals surface area contributed by atoms with E-state index in [1.807, 2.05) is 24.4 Å². The number of benzene rings is 1. The first-order valence-electron chi connectivity index (χ1n) is 6.74. The quantitative estimate of drug-likeness (QED) is 0.788. The van der Waals surface area contributed by atoms with Gasteiger partial charge in [-0.1, -0.05) is 31.5 Å². The molecule has 0 unspecified atom stereocenters. The molecule has 0 bridgehead atoms. The Hall–Kier alpha value is -2.49. The first-order valence-corrected chi connectivity index (χ1v) is 6.74. The fourth-order valence-electron chi connectivity index (χ4n) is 2.37. The molecule has 3 rings (SSSR count). The van der Waals surface area contributed by atoms with Crippen LogP contribution in [-0.4, -0.2) is 15.0 Å². The maximum Gasteiger partial charge on any atom is 0.130 e. The van der Waals surface area contributed by atoms with Crippen LogP contribution in [0.15, 0.2) is 42.9 Å². The predicted molar refractivity (Wildman–Crippen MR) is 81.2 cm³/mol. The van der Waals surface area contributed by atoms with Gasteiger partial charge in [0.2, 0.25) is 0 Å². The number of nitrogens with zero attached hydrogens (tertiary/aromatic N) is 3. The zero-order chi connectivity index (χ0) is 13.9. The number of hydrogen-bond donors (Lipinski definition) is 1. The molecule has 2 aromatic heterocycles. The molecule has 0 saturated carbocycles. The number of anilines is 1. The van der Waals surface area contributed by atoms with E-state index in [1.165, 1.54) is 6.33 Å². The van der Waals surface area contributed by atoms with E-state index >= 15 is 0 Å². The van der Waals surface area contributed by atoms with Gasteiger partial charge in [0.1, 0.15) is 12.1 Å². The van der Waals surface area contributed by atoms with Crippen molar-refractivity contribution in [3.63, 3.8) is 0 Å². The molecule has 0 aliphatic rings. The average Bonchev–Trinajstić information content (AvgIpc) is 2.49. The first-order chi connectivity index (χ1) is 9.79. The highest BCUT2D eigenvalue weighted by Crippen LogP contribution is 2.27. The molecule has 4 nitrogen and oxygen atoms in total. The number of nitrogen functional groups attached to an aromatic ring is 1. The van der Waals surface area contributed by atoms with Crippen molar-refractivity contribution in [2.24, 2.45) is 0 Å².